The molecule has 0 aliphatic carbocycles. The van der Waals surface area contributed by atoms with Crippen LogP contribution in [0.2, 0.25) is 0 Å². The molecule has 0 radical (unpaired) electrons. The molecule has 148 valence electrons. The molecule has 0 atom stereocenters. The third-order valence-corrected chi connectivity index (χ3v) is 7.64. The van der Waals surface area contributed by atoms with Crippen LogP contribution in [0.25, 0.3) is 0 Å². The van der Waals surface area contributed by atoms with Gasteiger partial charge in [-0.15, -0.1) is 34.0 Å². The van der Waals surface area contributed by atoms with Crippen molar-refractivity contribution >= 4 is 61.0 Å². The molecule has 0 aromatic carbocycles. The molecule has 2 amide bonds. The lowest BCUT2D eigenvalue weighted by Crippen LogP contribution is -2.24. The normalized spacial score (nSPS) is 11.3. The standard InChI is InChI=1S/C16H16N4O4S4/c17-28(23,24)15-4-3-12(27-15)8-18-13(21)6-10-9-26-16(19-10)20-14(22)7-11-2-1-5-25-11/h1-5,9H,6-8H2,(H,18,21)(H2,17,23,24)(H,19,20,22). The molecule has 3 aromatic rings. The Hall–Kier alpha value is -2.12. The highest BCUT2D eigenvalue weighted by Crippen LogP contribution is 2.20. The van der Waals surface area contributed by atoms with Gasteiger partial charge in [-0.2, -0.15) is 0 Å². The number of rotatable bonds is 8. The fourth-order valence-electron chi connectivity index (χ4n) is 2.20. The predicted molar refractivity (Wildman–Crippen MR) is 110 cm³/mol. The zero-order valence-electron chi connectivity index (χ0n) is 14.4. The number of aromatic nitrogens is 1. The lowest BCUT2D eigenvalue weighted by molar-refractivity contribution is -0.120. The summed E-state index contributed by atoms with van der Waals surface area (Å²) in [4.78, 5) is 29.9. The van der Waals surface area contributed by atoms with Crippen LogP contribution in [0.4, 0.5) is 5.13 Å². The number of anilines is 1. The Morgan fingerprint density at radius 3 is 2.57 bits per heavy atom. The number of carbonyl (C=O) groups excluding carboxylic acids is 2. The molecule has 8 nitrogen and oxygen atoms in total. The number of nitrogens with one attached hydrogen (secondary N) is 2. The summed E-state index contributed by atoms with van der Waals surface area (Å²) >= 11 is 3.78. The van der Waals surface area contributed by atoms with E-state index < -0.39 is 10.0 Å². The van der Waals surface area contributed by atoms with Crippen molar-refractivity contribution < 1.29 is 18.0 Å². The maximum atomic E-state index is 12.1. The first-order chi connectivity index (χ1) is 13.3. The SMILES string of the molecule is NS(=O)(=O)c1ccc(CNC(=O)Cc2csc(NC(=O)Cc3cccs3)n2)s1. The van der Waals surface area contributed by atoms with Gasteiger partial charge in [0.25, 0.3) is 0 Å². The Kier molecular flexibility index (Phi) is 6.57. The molecule has 0 bridgehead atoms. The fourth-order valence-corrected chi connectivity index (χ4v) is 5.35. The number of sulfonamides is 1. The second-order valence-electron chi connectivity index (χ2n) is 5.67. The lowest BCUT2D eigenvalue weighted by atomic mass is 10.3. The number of hydrogen-bond donors (Lipinski definition) is 3. The van der Waals surface area contributed by atoms with E-state index in [1.54, 1.807) is 11.4 Å². The second-order valence-corrected chi connectivity index (χ2v) is 10.5. The first-order valence-corrected chi connectivity index (χ1v) is 12.1. The summed E-state index contributed by atoms with van der Waals surface area (Å²) in [7, 11) is -3.73. The predicted octanol–water partition coefficient (Wildman–Crippen LogP) is 1.95. The third-order valence-electron chi connectivity index (χ3n) is 3.43. The molecule has 0 saturated carbocycles. The molecule has 3 aromatic heterocycles. The molecule has 0 spiro atoms. The van der Waals surface area contributed by atoms with Gasteiger partial charge in [-0.1, -0.05) is 6.07 Å². The number of hydrogen-bond acceptors (Lipinski definition) is 8. The van der Waals surface area contributed by atoms with Crippen molar-refractivity contribution in [2.45, 2.75) is 23.6 Å². The number of thiophene rings is 2. The van der Waals surface area contributed by atoms with Crippen LogP contribution in [0.1, 0.15) is 15.4 Å². The maximum absolute atomic E-state index is 12.1. The van der Waals surface area contributed by atoms with E-state index in [2.05, 4.69) is 15.6 Å². The summed E-state index contributed by atoms with van der Waals surface area (Å²) in [6, 6.07) is 6.79. The first kappa shape index (κ1) is 20.6. The number of carbonyl (C=O) groups is 2. The van der Waals surface area contributed by atoms with Crippen molar-refractivity contribution in [3.05, 3.63) is 50.5 Å². The summed E-state index contributed by atoms with van der Waals surface area (Å²) in [5.41, 5.74) is 0.547. The summed E-state index contributed by atoms with van der Waals surface area (Å²) in [5, 5.41) is 14.6. The fraction of sp³-hybridized carbons (Fsp3) is 0.188. The topological polar surface area (TPSA) is 131 Å². The van der Waals surface area contributed by atoms with Crippen LogP contribution < -0.4 is 15.8 Å². The van der Waals surface area contributed by atoms with Crippen molar-refractivity contribution in [2.75, 3.05) is 5.32 Å². The van der Waals surface area contributed by atoms with Crippen LogP contribution in [0.15, 0.2) is 39.2 Å². The molecule has 0 fully saturated rings. The number of amides is 2. The number of primary sulfonamides is 1. The summed E-state index contributed by atoms with van der Waals surface area (Å²) in [6.07, 6.45) is 0.346. The van der Waals surface area contributed by atoms with Crippen molar-refractivity contribution in [1.29, 1.82) is 0 Å². The van der Waals surface area contributed by atoms with Gasteiger partial charge in [-0.25, -0.2) is 18.5 Å². The Morgan fingerprint density at radius 1 is 1.07 bits per heavy atom. The highest BCUT2D eigenvalue weighted by Gasteiger charge is 2.13. The van der Waals surface area contributed by atoms with Crippen molar-refractivity contribution in [1.82, 2.24) is 10.3 Å². The summed E-state index contributed by atoms with van der Waals surface area (Å²) in [6.45, 7) is 0.202. The van der Waals surface area contributed by atoms with Gasteiger partial charge in [0.1, 0.15) is 4.21 Å². The number of thiazole rings is 1. The van der Waals surface area contributed by atoms with Crippen molar-refractivity contribution in [3.8, 4) is 0 Å². The molecule has 12 heteroatoms. The Morgan fingerprint density at radius 2 is 1.89 bits per heavy atom. The summed E-state index contributed by atoms with van der Waals surface area (Å²) in [5.74, 6) is -0.413. The van der Waals surface area contributed by atoms with Gasteiger partial charge in [0.05, 0.1) is 25.1 Å². The molecule has 0 saturated heterocycles. The zero-order chi connectivity index (χ0) is 20.1. The van der Waals surface area contributed by atoms with Crippen LogP contribution in [0, 0.1) is 0 Å². The maximum Gasteiger partial charge on any atom is 0.247 e. The van der Waals surface area contributed by atoms with Gasteiger partial charge in [0, 0.05) is 15.1 Å². The molecule has 0 aliphatic rings. The van der Waals surface area contributed by atoms with Crippen LogP contribution >= 0.6 is 34.0 Å². The van der Waals surface area contributed by atoms with Crippen molar-refractivity contribution in [2.24, 2.45) is 5.14 Å². The van der Waals surface area contributed by atoms with Gasteiger partial charge in [0.2, 0.25) is 21.8 Å². The molecule has 0 unspecified atom stereocenters. The molecule has 3 rings (SSSR count). The lowest BCUT2D eigenvalue weighted by Gasteiger charge is -2.02. The van der Waals surface area contributed by atoms with E-state index in [4.69, 9.17) is 5.14 Å². The number of nitrogens with two attached hydrogens (primary N) is 1. The second kappa shape index (κ2) is 8.92. The molecular formula is C16H16N4O4S4. The van der Waals surface area contributed by atoms with E-state index in [0.29, 0.717) is 15.7 Å². The van der Waals surface area contributed by atoms with Gasteiger partial charge in [-0.3, -0.25) is 9.59 Å². The Bertz CT molecular complexity index is 1070. The van der Waals surface area contributed by atoms with E-state index in [0.717, 1.165) is 16.2 Å². The smallest absolute Gasteiger partial charge is 0.247 e. The monoisotopic (exact) mass is 456 g/mol. The summed E-state index contributed by atoms with van der Waals surface area (Å²) < 4.78 is 22.6. The average molecular weight is 457 g/mol. The Labute approximate surface area is 173 Å². The molecular weight excluding hydrogens is 440 g/mol. The van der Waals surface area contributed by atoms with E-state index in [1.807, 2.05) is 17.5 Å². The van der Waals surface area contributed by atoms with Crippen LogP contribution in [-0.4, -0.2) is 25.2 Å². The zero-order valence-corrected chi connectivity index (χ0v) is 17.6. The van der Waals surface area contributed by atoms with Gasteiger partial charge >= 0.3 is 0 Å². The minimum Gasteiger partial charge on any atom is -0.351 e. The Balaban J connectivity index is 1.47. The minimum atomic E-state index is -3.73. The van der Waals surface area contributed by atoms with Crippen LogP contribution in [0.5, 0.6) is 0 Å². The third kappa shape index (κ3) is 5.94. The highest BCUT2D eigenvalue weighted by molar-refractivity contribution is 7.91. The van der Waals surface area contributed by atoms with E-state index in [-0.39, 0.29) is 35.4 Å². The van der Waals surface area contributed by atoms with E-state index in [1.165, 1.54) is 28.7 Å². The average Bonchev–Trinajstić information content (AvgIpc) is 3.34. The first-order valence-electron chi connectivity index (χ1n) is 7.94. The van der Waals surface area contributed by atoms with Gasteiger partial charge in [0.15, 0.2) is 5.13 Å². The molecule has 3 heterocycles. The largest absolute Gasteiger partial charge is 0.351 e. The van der Waals surface area contributed by atoms with E-state index >= 15 is 0 Å². The van der Waals surface area contributed by atoms with Crippen molar-refractivity contribution in [3.63, 3.8) is 0 Å². The van der Waals surface area contributed by atoms with Gasteiger partial charge in [-0.05, 0) is 23.6 Å². The number of nitrogens with zero attached hydrogens (tertiary/aromatic N) is 1. The minimum absolute atomic E-state index is 0.0548. The quantitative estimate of drug-likeness (QED) is 0.477. The van der Waals surface area contributed by atoms with Crippen LogP contribution in [0.3, 0.4) is 0 Å². The van der Waals surface area contributed by atoms with Crippen LogP contribution in [-0.2, 0) is 39.0 Å². The molecule has 0 aliphatic heterocycles. The molecule has 28 heavy (non-hydrogen) atoms. The molecule has 4 N–H and O–H groups in total. The van der Waals surface area contributed by atoms with Gasteiger partial charge < -0.3 is 10.6 Å². The highest BCUT2D eigenvalue weighted by atomic mass is 32.2. The van der Waals surface area contributed by atoms with E-state index in [9.17, 15) is 18.0 Å².